The summed E-state index contributed by atoms with van der Waals surface area (Å²) >= 11 is 7.50. The maximum atomic E-state index is 13.2. The molecular formula is C22H22ClN3O3S. The minimum absolute atomic E-state index is 0.0981. The maximum absolute atomic E-state index is 13.2. The number of thioether (sulfide) groups is 1. The van der Waals surface area contributed by atoms with Crippen molar-refractivity contribution in [2.24, 2.45) is 0 Å². The Morgan fingerprint density at radius 2 is 1.90 bits per heavy atom. The van der Waals surface area contributed by atoms with Crippen LogP contribution in [0.3, 0.4) is 0 Å². The van der Waals surface area contributed by atoms with E-state index in [1.807, 2.05) is 24.3 Å². The predicted molar refractivity (Wildman–Crippen MR) is 118 cm³/mol. The molecule has 2 aromatic carbocycles. The van der Waals surface area contributed by atoms with Gasteiger partial charge in [0.2, 0.25) is 11.8 Å². The minimum atomic E-state index is -0.488. The van der Waals surface area contributed by atoms with Gasteiger partial charge in [0.15, 0.2) is 0 Å². The van der Waals surface area contributed by atoms with Gasteiger partial charge in [-0.3, -0.25) is 14.4 Å². The molecule has 1 atom stereocenters. The van der Waals surface area contributed by atoms with E-state index in [4.69, 9.17) is 11.6 Å². The van der Waals surface area contributed by atoms with E-state index >= 15 is 0 Å². The minimum Gasteiger partial charge on any atom is -0.354 e. The van der Waals surface area contributed by atoms with Crippen LogP contribution < -0.4 is 10.2 Å². The number of amides is 3. The van der Waals surface area contributed by atoms with E-state index < -0.39 is 6.04 Å². The Bertz CT molecular complexity index is 966. The van der Waals surface area contributed by atoms with E-state index in [0.717, 1.165) is 11.3 Å². The lowest BCUT2D eigenvalue weighted by molar-refractivity contribution is -0.125. The monoisotopic (exact) mass is 443 g/mol. The molecule has 0 saturated carbocycles. The molecule has 2 aliphatic heterocycles. The largest absolute Gasteiger partial charge is 0.354 e. The van der Waals surface area contributed by atoms with Gasteiger partial charge in [0.1, 0.15) is 12.6 Å². The van der Waals surface area contributed by atoms with Gasteiger partial charge in [-0.15, -0.1) is 11.8 Å². The first-order valence-electron chi connectivity index (χ1n) is 9.91. The van der Waals surface area contributed by atoms with Crippen molar-refractivity contribution >= 4 is 46.8 Å². The number of benzene rings is 2. The van der Waals surface area contributed by atoms with Gasteiger partial charge in [0.05, 0.1) is 11.3 Å². The van der Waals surface area contributed by atoms with Gasteiger partial charge in [0.25, 0.3) is 5.91 Å². The lowest BCUT2D eigenvalue weighted by Crippen LogP contribution is -2.48. The van der Waals surface area contributed by atoms with Crippen molar-refractivity contribution in [2.75, 3.05) is 30.3 Å². The third-order valence-corrected chi connectivity index (χ3v) is 6.56. The number of hydrogen-bond donors (Lipinski definition) is 1. The second-order valence-corrected chi connectivity index (χ2v) is 8.86. The molecule has 6 nitrogen and oxygen atoms in total. The molecule has 4 rings (SSSR count). The zero-order chi connectivity index (χ0) is 21.1. The van der Waals surface area contributed by atoms with Gasteiger partial charge in [-0.2, -0.15) is 0 Å². The Morgan fingerprint density at radius 1 is 1.13 bits per heavy atom. The fourth-order valence-electron chi connectivity index (χ4n) is 3.86. The van der Waals surface area contributed by atoms with Crippen LogP contribution in [0.25, 0.3) is 0 Å². The molecule has 8 heteroatoms. The van der Waals surface area contributed by atoms with Crippen LogP contribution in [0, 0.1) is 0 Å². The van der Waals surface area contributed by atoms with Crippen LogP contribution in [0.4, 0.5) is 5.69 Å². The van der Waals surface area contributed by atoms with Crippen molar-refractivity contribution in [1.29, 1.82) is 0 Å². The van der Waals surface area contributed by atoms with E-state index in [-0.39, 0.29) is 24.3 Å². The maximum Gasteiger partial charge on any atom is 0.256 e. The molecule has 0 unspecified atom stereocenters. The Morgan fingerprint density at radius 3 is 2.70 bits per heavy atom. The van der Waals surface area contributed by atoms with Crippen LogP contribution in [0.5, 0.6) is 0 Å². The SMILES string of the molecule is O=C(CN1C(=O)[C@@H]2CCCN2C(=O)c2ccccc21)NCCSc1ccc(Cl)cc1. The van der Waals surface area contributed by atoms with E-state index in [1.165, 1.54) is 4.90 Å². The molecule has 0 aliphatic carbocycles. The van der Waals surface area contributed by atoms with Crippen LogP contribution in [-0.4, -0.2) is 54.1 Å². The summed E-state index contributed by atoms with van der Waals surface area (Å²) in [5.41, 5.74) is 0.980. The summed E-state index contributed by atoms with van der Waals surface area (Å²) in [6, 6.07) is 14.1. The number of carbonyl (C=O) groups excluding carboxylic acids is 3. The predicted octanol–water partition coefficient (Wildman–Crippen LogP) is 3.20. The summed E-state index contributed by atoms with van der Waals surface area (Å²) < 4.78 is 0. The van der Waals surface area contributed by atoms with Crippen LogP contribution in [0.15, 0.2) is 53.4 Å². The smallest absolute Gasteiger partial charge is 0.256 e. The number of anilines is 1. The second kappa shape index (κ2) is 9.10. The van der Waals surface area contributed by atoms with Crippen molar-refractivity contribution < 1.29 is 14.4 Å². The van der Waals surface area contributed by atoms with E-state index in [1.54, 1.807) is 40.9 Å². The summed E-state index contributed by atoms with van der Waals surface area (Å²) in [5, 5.41) is 3.57. The van der Waals surface area contributed by atoms with E-state index in [9.17, 15) is 14.4 Å². The standard InChI is InChI=1S/C22H22ClN3O3S/c23-15-7-9-16(10-8-15)30-13-11-24-20(27)14-26-18-5-2-1-4-17(18)21(28)25-12-3-6-19(25)22(26)29/h1-2,4-5,7-10,19H,3,6,11-14H2,(H,24,27)/t19-/m0/s1. The topological polar surface area (TPSA) is 69.7 Å². The summed E-state index contributed by atoms with van der Waals surface area (Å²) in [7, 11) is 0. The molecule has 156 valence electrons. The van der Waals surface area contributed by atoms with Crippen molar-refractivity contribution in [1.82, 2.24) is 10.2 Å². The van der Waals surface area contributed by atoms with Crippen LogP contribution in [0.2, 0.25) is 5.02 Å². The summed E-state index contributed by atoms with van der Waals surface area (Å²) in [6.07, 6.45) is 1.43. The van der Waals surface area contributed by atoms with Gasteiger partial charge in [-0.25, -0.2) is 0 Å². The van der Waals surface area contributed by atoms with Crippen molar-refractivity contribution in [3.8, 4) is 0 Å². The number of rotatable bonds is 6. The highest BCUT2D eigenvalue weighted by Gasteiger charge is 2.42. The molecule has 3 amide bonds. The molecule has 1 fully saturated rings. The van der Waals surface area contributed by atoms with Crippen molar-refractivity contribution in [2.45, 2.75) is 23.8 Å². The molecular weight excluding hydrogens is 422 g/mol. The molecule has 2 aromatic rings. The highest BCUT2D eigenvalue weighted by atomic mass is 35.5. The third-order valence-electron chi connectivity index (χ3n) is 5.30. The molecule has 1 N–H and O–H groups in total. The summed E-state index contributed by atoms with van der Waals surface area (Å²) in [4.78, 5) is 42.8. The van der Waals surface area contributed by atoms with Crippen LogP contribution >= 0.6 is 23.4 Å². The first-order valence-corrected chi connectivity index (χ1v) is 11.3. The van der Waals surface area contributed by atoms with Gasteiger partial charge in [-0.05, 0) is 49.2 Å². The molecule has 2 heterocycles. The van der Waals surface area contributed by atoms with Gasteiger partial charge < -0.3 is 15.1 Å². The zero-order valence-electron chi connectivity index (χ0n) is 16.3. The number of fused-ring (bicyclic) bond motifs is 2. The average molecular weight is 444 g/mol. The molecule has 30 heavy (non-hydrogen) atoms. The normalized spacial score (nSPS) is 18.1. The lowest BCUT2D eigenvalue weighted by atomic mass is 10.1. The zero-order valence-corrected chi connectivity index (χ0v) is 17.9. The Hall–Kier alpha value is -2.51. The van der Waals surface area contributed by atoms with Gasteiger partial charge >= 0.3 is 0 Å². The fourth-order valence-corrected chi connectivity index (χ4v) is 4.76. The van der Waals surface area contributed by atoms with Gasteiger partial charge in [-0.1, -0.05) is 23.7 Å². The Balaban J connectivity index is 1.40. The first-order chi connectivity index (χ1) is 14.5. The number of nitrogens with one attached hydrogen (secondary N) is 1. The second-order valence-electron chi connectivity index (χ2n) is 7.25. The van der Waals surface area contributed by atoms with Gasteiger partial charge in [0, 0.05) is 28.8 Å². The number of carbonyl (C=O) groups is 3. The first kappa shape index (κ1) is 20.8. The summed E-state index contributed by atoms with van der Waals surface area (Å²) in [6.45, 7) is 0.953. The quantitative estimate of drug-likeness (QED) is 0.549. The molecule has 1 saturated heterocycles. The van der Waals surface area contributed by atoms with Crippen LogP contribution in [-0.2, 0) is 9.59 Å². The average Bonchev–Trinajstić information content (AvgIpc) is 3.23. The lowest BCUT2D eigenvalue weighted by Gasteiger charge is -2.25. The number of halogens is 1. The van der Waals surface area contributed by atoms with E-state index in [2.05, 4.69) is 5.32 Å². The van der Waals surface area contributed by atoms with Crippen LogP contribution in [0.1, 0.15) is 23.2 Å². The van der Waals surface area contributed by atoms with Crippen molar-refractivity contribution in [3.63, 3.8) is 0 Å². The molecule has 2 aliphatic rings. The van der Waals surface area contributed by atoms with Crippen molar-refractivity contribution in [3.05, 3.63) is 59.1 Å². The van der Waals surface area contributed by atoms with E-state index in [0.29, 0.717) is 41.5 Å². The highest BCUT2D eigenvalue weighted by Crippen LogP contribution is 2.32. The Labute approximate surface area is 184 Å². The Kier molecular flexibility index (Phi) is 6.29. The number of nitrogens with zero attached hydrogens (tertiary/aromatic N) is 2. The highest BCUT2D eigenvalue weighted by molar-refractivity contribution is 7.99. The molecule has 0 spiro atoms. The number of para-hydroxylation sites is 1. The molecule has 0 aromatic heterocycles. The molecule has 0 radical (unpaired) electrons. The number of hydrogen-bond acceptors (Lipinski definition) is 4. The fraction of sp³-hybridized carbons (Fsp3) is 0.318. The summed E-state index contributed by atoms with van der Waals surface area (Å²) in [5.74, 6) is 0.140. The third kappa shape index (κ3) is 4.32. The molecule has 0 bridgehead atoms.